The highest BCUT2D eigenvalue weighted by atomic mass is 32.2. The van der Waals surface area contributed by atoms with Crippen LogP contribution < -0.4 is 4.72 Å². The van der Waals surface area contributed by atoms with Crippen LogP contribution in [0.4, 0.5) is 0 Å². The van der Waals surface area contributed by atoms with E-state index in [2.05, 4.69) is 4.72 Å². The second-order valence-electron chi connectivity index (χ2n) is 7.79. The van der Waals surface area contributed by atoms with Crippen molar-refractivity contribution in [1.82, 2.24) is 9.62 Å². The first-order valence-electron chi connectivity index (χ1n) is 10.5. The average Bonchev–Trinajstić information content (AvgIpc) is 2.81. The van der Waals surface area contributed by atoms with Crippen LogP contribution in [0.5, 0.6) is 0 Å². The van der Waals surface area contributed by atoms with Crippen LogP contribution in [-0.4, -0.2) is 38.4 Å². The number of carbonyl (C=O) groups is 1. The van der Waals surface area contributed by atoms with Gasteiger partial charge in [0.25, 0.3) is 0 Å². The molecule has 0 bridgehead atoms. The van der Waals surface area contributed by atoms with Gasteiger partial charge in [-0.05, 0) is 36.1 Å². The number of sulfonamides is 1. The molecule has 0 aliphatic carbocycles. The number of benzene rings is 3. The number of rotatable bonds is 6. The van der Waals surface area contributed by atoms with Crippen molar-refractivity contribution in [3.63, 3.8) is 0 Å². The Bertz CT molecular complexity index is 1060. The molecule has 3 aromatic carbocycles. The third kappa shape index (κ3) is 5.03. The molecule has 0 radical (unpaired) electrons. The van der Waals surface area contributed by atoms with Gasteiger partial charge >= 0.3 is 0 Å². The van der Waals surface area contributed by atoms with Crippen molar-refractivity contribution in [2.75, 3.05) is 13.1 Å². The molecule has 6 heteroatoms. The number of nitrogens with zero attached hydrogens (tertiary/aromatic N) is 1. The zero-order valence-electron chi connectivity index (χ0n) is 17.2. The molecule has 1 saturated heterocycles. The summed E-state index contributed by atoms with van der Waals surface area (Å²) in [6, 6.07) is 27.8. The monoisotopic (exact) mass is 434 g/mol. The molecule has 1 aliphatic heterocycles. The number of likely N-dealkylation sites (tertiary alicyclic amines) is 1. The van der Waals surface area contributed by atoms with E-state index < -0.39 is 10.0 Å². The molecule has 1 aliphatic rings. The highest BCUT2D eigenvalue weighted by molar-refractivity contribution is 7.89. The van der Waals surface area contributed by atoms with Gasteiger partial charge in [0, 0.05) is 19.1 Å². The molecule has 0 atom stereocenters. The minimum atomic E-state index is -3.55. The molecular formula is C25H26N2O3S. The van der Waals surface area contributed by atoms with Crippen LogP contribution in [0.3, 0.4) is 0 Å². The largest absolute Gasteiger partial charge is 0.342 e. The highest BCUT2D eigenvalue weighted by Crippen LogP contribution is 2.28. The van der Waals surface area contributed by atoms with Crippen molar-refractivity contribution in [2.45, 2.75) is 29.7 Å². The second-order valence-corrected chi connectivity index (χ2v) is 9.50. The fraction of sp³-hybridized carbons (Fsp3) is 0.240. The van der Waals surface area contributed by atoms with Crippen LogP contribution in [0, 0.1) is 0 Å². The van der Waals surface area contributed by atoms with Crippen molar-refractivity contribution in [3.05, 3.63) is 102 Å². The Hall–Kier alpha value is -2.96. The number of hydrogen-bond acceptors (Lipinski definition) is 3. The Labute approximate surface area is 183 Å². The van der Waals surface area contributed by atoms with Gasteiger partial charge in [0.1, 0.15) is 0 Å². The summed E-state index contributed by atoms with van der Waals surface area (Å²) < 4.78 is 28.0. The Morgan fingerprint density at radius 3 is 1.71 bits per heavy atom. The second kappa shape index (κ2) is 9.45. The van der Waals surface area contributed by atoms with Crippen LogP contribution in [0.15, 0.2) is 95.9 Å². The van der Waals surface area contributed by atoms with Gasteiger partial charge in [-0.15, -0.1) is 0 Å². The van der Waals surface area contributed by atoms with Crippen LogP contribution >= 0.6 is 0 Å². The van der Waals surface area contributed by atoms with Gasteiger partial charge < -0.3 is 4.90 Å². The predicted molar refractivity (Wildman–Crippen MR) is 121 cm³/mol. The Morgan fingerprint density at radius 2 is 1.23 bits per heavy atom. The Morgan fingerprint density at radius 1 is 0.774 bits per heavy atom. The number of hydrogen-bond donors (Lipinski definition) is 1. The Kier molecular flexibility index (Phi) is 6.49. The van der Waals surface area contributed by atoms with Gasteiger partial charge in [0.2, 0.25) is 15.9 Å². The molecule has 31 heavy (non-hydrogen) atoms. The van der Waals surface area contributed by atoms with Gasteiger partial charge in [-0.1, -0.05) is 78.9 Å². The number of piperidine rings is 1. The van der Waals surface area contributed by atoms with E-state index in [-0.39, 0.29) is 22.8 Å². The standard InChI is InChI=1S/C25H26N2O3S/c28-25(24(20-10-4-1-5-11-20)21-12-6-2-7-13-21)27-18-16-22(17-19-27)26-31(29,30)23-14-8-3-9-15-23/h1-15,22,24,26H,16-19H2. The quantitative estimate of drug-likeness (QED) is 0.642. The van der Waals surface area contributed by atoms with Gasteiger partial charge in [-0.3, -0.25) is 4.79 Å². The van der Waals surface area contributed by atoms with E-state index in [0.717, 1.165) is 11.1 Å². The molecule has 1 fully saturated rings. The SMILES string of the molecule is O=C(C(c1ccccc1)c1ccccc1)N1CCC(NS(=O)(=O)c2ccccc2)CC1. The predicted octanol–water partition coefficient (Wildman–Crippen LogP) is 3.79. The van der Waals surface area contributed by atoms with E-state index in [1.54, 1.807) is 30.3 Å². The number of amides is 1. The molecule has 4 rings (SSSR count). The molecule has 0 unspecified atom stereocenters. The molecule has 1 heterocycles. The molecule has 3 aromatic rings. The van der Waals surface area contributed by atoms with Crippen molar-refractivity contribution < 1.29 is 13.2 Å². The third-order valence-corrected chi connectivity index (χ3v) is 7.23. The van der Waals surface area contributed by atoms with E-state index in [1.807, 2.05) is 65.6 Å². The molecule has 0 spiro atoms. The molecule has 160 valence electrons. The zero-order valence-corrected chi connectivity index (χ0v) is 18.0. The lowest BCUT2D eigenvalue weighted by Crippen LogP contribution is -2.47. The van der Waals surface area contributed by atoms with E-state index in [4.69, 9.17) is 0 Å². The summed E-state index contributed by atoms with van der Waals surface area (Å²) in [6.07, 6.45) is 1.18. The van der Waals surface area contributed by atoms with E-state index in [9.17, 15) is 13.2 Å². The smallest absolute Gasteiger partial charge is 0.240 e. The summed E-state index contributed by atoms with van der Waals surface area (Å²) in [5.74, 6) is -0.304. The maximum absolute atomic E-state index is 13.5. The number of nitrogens with one attached hydrogen (secondary N) is 1. The summed E-state index contributed by atoms with van der Waals surface area (Å²) in [7, 11) is -3.55. The van der Waals surface area contributed by atoms with Crippen molar-refractivity contribution in [1.29, 1.82) is 0 Å². The summed E-state index contributed by atoms with van der Waals surface area (Å²) in [5.41, 5.74) is 1.93. The normalized spacial score (nSPS) is 15.2. The Balaban J connectivity index is 1.45. The zero-order chi connectivity index (χ0) is 21.7. The molecule has 5 nitrogen and oxygen atoms in total. The van der Waals surface area contributed by atoms with Crippen LogP contribution in [0.2, 0.25) is 0 Å². The van der Waals surface area contributed by atoms with E-state index in [0.29, 0.717) is 25.9 Å². The van der Waals surface area contributed by atoms with Gasteiger partial charge in [-0.25, -0.2) is 13.1 Å². The average molecular weight is 435 g/mol. The van der Waals surface area contributed by atoms with Crippen molar-refractivity contribution in [2.24, 2.45) is 0 Å². The fourth-order valence-corrected chi connectivity index (χ4v) is 5.38. The first-order chi connectivity index (χ1) is 15.0. The van der Waals surface area contributed by atoms with Gasteiger partial charge in [-0.2, -0.15) is 0 Å². The lowest BCUT2D eigenvalue weighted by atomic mass is 9.89. The summed E-state index contributed by atoms with van der Waals surface area (Å²) >= 11 is 0. The van der Waals surface area contributed by atoms with E-state index >= 15 is 0 Å². The lowest BCUT2D eigenvalue weighted by molar-refractivity contribution is -0.132. The third-order valence-electron chi connectivity index (χ3n) is 5.69. The highest BCUT2D eigenvalue weighted by Gasteiger charge is 2.31. The lowest BCUT2D eigenvalue weighted by Gasteiger charge is -2.34. The topological polar surface area (TPSA) is 66.5 Å². The van der Waals surface area contributed by atoms with Crippen LogP contribution in [-0.2, 0) is 14.8 Å². The molecular weight excluding hydrogens is 408 g/mol. The van der Waals surface area contributed by atoms with Gasteiger partial charge in [0.15, 0.2) is 0 Å². The number of carbonyl (C=O) groups excluding carboxylic acids is 1. The molecule has 1 amide bonds. The van der Waals surface area contributed by atoms with Crippen LogP contribution in [0.25, 0.3) is 0 Å². The first-order valence-corrected chi connectivity index (χ1v) is 12.0. The van der Waals surface area contributed by atoms with Crippen molar-refractivity contribution in [3.8, 4) is 0 Å². The minimum Gasteiger partial charge on any atom is -0.342 e. The first kappa shape index (κ1) is 21.3. The maximum Gasteiger partial charge on any atom is 0.240 e. The molecule has 0 aromatic heterocycles. The van der Waals surface area contributed by atoms with Crippen LogP contribution in [0.1, 0.15) is 29.9 Å². The summed E-state index contributed by atoms with van der Waals surface area (Å²) in [4.78, 5) is 15.6. The van der Waals surface area contributed by atoms with E-state index in [1.165, 1.54) is 0 Å². The minimum absolute atomic E-state index is 0.0572. The van der Waals surface area contributed by atoms with Gasteiger partial charge in [0.05, 0.1) is 10.8 Å². The summed E-state index contributed by atoms with van der Waals surface area (Å²) in [6.45, 7) is 1.05. The molecule has 0 saturated carbocycles. The van der Waals surface area contributed by atoms with Crippen molar-refractivity contribution >= 4 is 15.9 Å². The summed E-state index contributed by atoms with van der Waals surface area (Å²) in [5, 5.41) is 0. The fourth-order valence-electron chi connectivity index (χ4n) is 4.06. The maximum atomic E-state index is 13.5. The molecule has 1 N–H and O–H groups in total.